The fraction of sp³-hybridized carbons (Fsp3) is 0. The van der Waals surface area contributed by atoms with Crippen molar-refractivity contribution in [1.82, 2.24) is 0 Å². The topological polar surface area (TPSA) is 80.3 Å². The Kier molecular flexibility index (Phi) is 13.3. The molecule has 0 spiro atoms. The average molecular weight is 187 g/mol. The summed E-state index contributed by atoms with van der Waals surface area (Å²) in [6.07, 6.45) is 0. The number of hydrogen-bond donors (Lipinski definition) is 0. The molecule has 0 unspecified atom stereocenters. The first-order valence-corrected chi connectivity index (χ1v) is 2.00. The third kappa shape index (κ3) is 85.7. The van der Waals surface area contributed by atoms with Gasteiger partial charge in [-0.2, -0.15) is 0 Å². The minimum atomic E-state index is -5.17. The van der Waals surface area contributed by atoms with Gasteiger partial charge in [-0.1, -0.05) is 0 Å². The second kappa shape index (κ2) is 5.84. The predicted molar refractivity (Wildman–Crippen MR) is 16.2 cm³/mol. The van der Waals surface area contributed by atoms with Crippen LogP contribution in [-0.2, 0) is 29.0 Å². The van der Waals surface area contributed by atoms with Gasteiger partial charge in [0.05, 0.1) is 0 Å². The van der Waals surface area contributed by atoms with Gasteiger partial charge in [0.1, 0.15) is 0 Å². The van der Waals surface area contributed by atoms with Gasteiger partial charge >= 0.3 is 37.7 Å². The molecule has 0 aromatic carbocycles. The zero-order chi connectivity index (χ0) is 4.50. The smallest absolute Gasteiger partial charge is 0.759 e. The van der Waals surface area contributed by atoms with Crippen molar-refractivity contribution in [3.05, 3.63) is 0 Å². The summed E-state index contributed by atoms with van der Waals surface area (Å²) in [7, 11) is -5.17. The van der Waals surface area contributed by atoms with E-state index in [2.05, 4.69) is 0 Å². The summed E-state index contributed by atoms with van der Waals surface area (Å²) >= 11 is 0. The molecule has 0 fully saturated rings. The molecule has 0 rings (SSSR count). The molecule has 0 aromatic heterocycles. The second-order valence-electron chi connectivity index (χ2n) is 0.408. The van der Waals surface area contributed by atoms with Crippen molar-refractivity contribution in [3.8, 4) is 0 Å². The van der Waals surface area contributed by atoms with E-state index in [-0.39, 0.29) is 56.3 Å². The summed E-state index contributed by atoms with van der Waals surface area (Å²) in [5.74, 6) is 0. The fourth-order valence-electron chi connectivity index (χ4n) is 0. The molecule has 0 aromatic rings. The van der Waals surface area contributed by atoms with Crippen molar-refractivity contribution in [2.45, 2.75) is 0 Å². The molecule has 0 saturated carbocycles. The van der Waals surface area contributed by atoms with Crippen LogP contribution in [-0.4, -0.2) is 55.3 Å². The Labute approximate surface area is 83.1 Å². The van der Waals surface area contributed by atoms with Crippen LogP contribution in [0.4, 0.5) is 0 Å². The Morgan fingerprint density at radius 3 is 1.14 bits per heavy atom. The maximum absolute atomic E-state index is 8.52. The maximum Gasteiger partial charge on any atom is 2.00 e. The summed E-state index contributed by atoms with van der Waals surface area (Å²) in [5.41, 5.74) is 0. The Morgan fingerprint density at radius 1 is 1.14 bits per heavy atom. The molecule has 0 aliphatic heterocycles. The van der Waals surface area contributed by atoms with Crippen LogP contribution in [0.2, 0.25) is 0 Å². The van der Waals surface area contributed by atoms with Gasteiger partial charge in [0.25, 0.3) is 0 Å². The van der Waals surface area contributed by atoms with E-state index < -0.39 is 10.4 Å². The molecule has 0 bridgehead atoms. The molecule has 0 aliphatic rings. The molecule has 7 heteroatoms. The molecule has 0 aliphatic carbocycles. The fourth-order valence-corrected chi connectivity index (χ4v) is 0. The van der Waals surface area contributed by atoms with E-state index in [1.807, 2.05) is 0 Å². The Bertz CT molecular complexity index is 94.9. The van der Waals surface area contributed by atoms with E-state index in [0.29, 0.717) is 0 Å². The van der Waals surface area contributed by atoms with Gasteiger partial charge < -0.3 is 9.11 Å². The Morgan fingerprint density at radius 2 is 1.14 bits per heavy atom. The molecular formula is CaO4SV. The molecule has 4 nitrogen and oxygen atoms in total. The Balaban J connectivity index is -0.0000000800. The van der Waals surface area contributed by atoms with Crippen molar-refractivity contribution < 1.29 is 36.1 Å². The summed E-state index contributed by atoms with van der Waals surface area (Å²) in [6.45, 7) is 0. The molecule has 0 heterocycles. The molecule has 0 atom stereocenters. The maximum atomic E-state index is 8.52. The van der Waals surface area contributed by atoms with E-state index in [9.17, 15) is 0 Å². The predicted octanol–water partition coefficient (Wildman–Crippen LogP) is -1.72. The van der Waals surface area contributed by atoms with E-state index in [0.717, 1.165) is 0 Å². The molecule has 0 amide bonds. The van der Waals surface area contributed by atoms with E-state index in [1.165, 1.54) is 0 Å². The van der Waals surface area contributed by atoms with Crippen LogP contribution in [0.25, 0.3) is 0 Å². The van der Waals surface area contributed by atoms with Crippen LogP contribution < -0.4 is 0 Å². The summed E-state index contributed by atoms with van der Waals surface area (Å²) in [4.78, 5) is 0. The molecule has 7 heavy (non-hydrogen) atoms. The first kappa shape index (κ1) is 15.9. The van der Waals surface area contributed by atoms with Crippen LogP contribution in [0.1, 0.15) is 0 Å². The summed E-state index contributed by atoms with van der Waals surface area (Å²) in [6, 6.07) is 0. The first-order valence-electron chi connectivity index (χ1n) is 0.667. The molecule has 1 radical (unpaired) electrons. The van der Waals surface area contributed by atoms with Gasteiger partial charge in [-0.15, -0.1) is 0 Å². The van der Waals surface area contributed by atoms with Crippen molar-refractivity contribution in [2.75, 3.05) is 0 Å². The van der Waals surface area contributed by atoms with E-state index in [1.54, 1.807) is 0 Å². The van der Waals surface area contributed by atoms with Crippen molar-refractivity contribution >= 4 is 48.1 Å². The van der Waals surface area contributed by atoms with Gasteiger partial charge in [-0.05, 0) is 0 Å². The minimum Gasteiger partial charge on any atom is -0.759 e. The minimum absolute atomic E-state index is 0. The number of hydrogen-bond acceptors (Lipinski definition) is 4. The zero-order valence-corrected chi connectivity index (χ0v) is 7.62. The van der Waals surface area contributed by atoms with Crippen molar-refractivity contribution in [3.63, 3.8) is 0 Å². The second-order valence-corrected chi connectivity index (χ2v) is 1.22. The van der Waals surface area contributed by atoms with E-state index >= 15 is 0 Å². The summed E-state index contributed by atoms with van der Waals surface area (Å²) in [5, 5.41) is 0. The third-order valence-electron chi connectivity index (χ3n) is 0. The standard InChI is InChI=1S/Ca.H2O4S.V/c;1-5(2,3)4;/h;(H2,1,2,3,4);/q+2;;/p-2. The van der Waals surface area contributed by atoms with E-state index in [4.69, 9.17) is 17.5 Å². The molecule has 0 saturated heterocycles. The molecular weight excluding hydrogens is 187 g/mol. The van der Waals surface area contributed by atoms with Crippen LogP contribution in [0.15, 0.2) is 0 Å². The quantitative estimate of drug-likeness (QED) is 0.256. The normalized spacial score (nSPS) is 8.29. The third-order valence-corrected chi connectivity index (χ3v) is 0. The zero-order valence-electron chi connectivity index (χ0n) is 3.20. The van der Waals surface area contributed by atoms with Gasteiger partial charge in [-0.3, -0.25) is 8.42 Å². The van der Waals surface area contributed by atoms with Gasteiger partial charge in [0.15, 0.2) is 0 Å². The van der Waals surface area contributed by atoms with Crippen LogP contribution in [0.3, 0.4) is 0 Å². The van der Waals surface area contributed by atoms with Crippen molar-refractivity contribution in [2.24, 2.45) is 0 Å². The SMILES string of the molecule is O=S(=O)([O-])[O-].[Ca+2].[V]. The van der Waals surface area contributed by atoms with Crippen LogP contribution in [0.5, 0.6) is 0 Å². The molecule has 0 N–H and O–H groups in total. The van der Waals surface area contributed by atoms with Gasteiger partial charge in [0.2, 0.25) is 0 Å². The van der Waals surface area contributed by atoms with Gasteiger partial charge in [-0.25, -0.2) is 0 Å². The molecule has 37 valence electrons. The van der Waals surface area contributed by atoms with Crippen molar-refractivity contribution in [1.29, 1.82) is 0 Å². The van der Waals surface area contributed by atoms with Crippen LogP contribution >= 0.6 is 0 Å². The summed E-state index contributed by atoms with van der Waals surface area (Å²) < 4.78 is 34.1. The first-order chi connectivity index (χ1) is 2.00. The number of rotatable bonds is 0. The Hall–Kier alpha value is 1.71. The van der Waals surface area contributed by atoms with Gasteiger partial charge in [0, 0.05) is 29.0 Å². The monoisotopic (exact) mass is 187 g/mol. The van der Waals surface area contributed by atoms with Crippen LogP contribution in [0, 0.1) is 0 Å². The largest absolute Gasteiger partial charge is 2.00 e. The average Bonchev–Trinajstić information content (AvgIpc) is 0.722.